The summed E-state index contributed by atoms with van der Waals surface area (Å²) in [6.07, 6.45) is -0.106. The molecular formula is C15H19ClF3NO. The summed E-state index contributed by atoms with van der Waals surface area (Å²) in [5, 5.41) is 3.49. The van der Waals surface area contributed by atoms with Gasteiger partial charge in [-0.25, -0.2) is 0 Å². The first-order valence-corrected chi connectivity index (χ1v) is 7.05. The van der Waals surface area contributed by atoms with E-state index in [1.807, 2.05) is 0 Å². The van der Waals surface area contributed by atoms with Crippen molar-refractivity contribution in [2.24, 2.45) is 0 Å². The fraction of sp³-hybridized carbons (Fsp3) is 0.600. The molecule has 1 N–H and O–H groups in total. The smallest absolute Gasteiger partial charge is 0.373 e. The summed E-state index contributed by atoms with van der Waals surface area (Å²) in [4.78, 5) is 0. The summed E-state index contributed by atoms with van der Waals surface area (Å²) < 4.78 is 44.4. The maximum atomic E-state index is 12.9. The predicted octanol–water partition coefficient (Wildman–Crippen LogP) is 3.93. The Morgan fingerprint density at radius 1 is 1.10 bits per heavy atom. The molecule has 0 saturated carbocycles. The van der Waals surface area contributed by atoms with Crippen LogP contribution in [0.15, 0.2) is 24.3 Å². The first-order valence-electron chi connectivity index (χ1n) is 7.05. The Bertz CT molecular complexity index is 468. The van der Waals surface area contributed by atoms with E-state index >= 15 is 0 Å². The molecule has 1 aromatic rings. The fourth-order valence-corrected chi connectivity index (χ4v) is 3.27. The zero-order chi connectivity index (χ0) is 14.2. The van der Waals surface area contributed by atoms with Crippen LogP contribution in [0, 0.1) is 0 Å². The summed E-state index contributed by atoms with van der Waals surface area (Å²) in [5.41, 5.74) is -0.359. The number of nitrogens with one attached hydrogen (secondary N) is 1. The third-order valence-corrected chi connectivity index (χ3v) is 4.23. The Balaban J connectivity index is 0.00000161. The van der Waals surface area contributed by atoms with Crippen LogP contribution < -0.4 is 5.32 Å². The van der Waals surface area contributed by atoms with Crippen molar-refractivity contribution < 1.29 is 17.9 Å². The highest BCUT2D eigenvalue weighted by molar-refractivity contribution is 5.85. The highest BCUT2D eigenvalue weighted by atomic mass is 35.5. The van der Waals surface area contributed by atoms with Crippen LogP contribution in [0.2, 0.25) is 0 Å². The van der Waals surface area contributed by atoms with Gasteiger partial charge in [0.1, 0.15) is 0 Å². The second-order valence-electron chi connectivity index (χ2n) is 5.70. The lowest BCUT2D eigenvalue weighted by Gasteiger charge is -2.29. The monoisotopic (exact) mass is 321 g/mol. The zero-order valence-electron chi connectivity index (χ0n) is 11.5. The quantitative estimate of drug-likeness (QED) is 0.911. The van der Waals surface area contributed by atoms with Crippen LogP contribution in [-0.4, -0.2) is 18.2 Å². The largest absolute Gasteiger partial charge is 0.416 e. The molecule has 3 atom stereocenters. The number of fused-ring (bicyclic) bond motifs is 2. The lowest BCUT2D eigenvalue weighted by Crippen LogP contribution is -2.41. The first-order chi connectivity index (χ1) is 9.52. The molecule has 2 saturated heterocycles. The summed E-state index contributed by atoms with van der Waals surface area (Å²) in [7, 11) is 0. The normalized spacial score (nSPS) is 28.2. The average Bonchev–Trinajstić information content (AvgIpc) is 2.75. The van der Waals surface area contributed by atoms with E-state index in [2.05, 4.69) is 5.32 Å². The lowest BCUT2D eigenvalue weighted by molar-refractivity contribution is -0.139. The minimum Gasteiger partial charge on any atom is -0.373 e. The fourth-order valence-electron chi connectivity index (χ4n) is 3.27. The maximum Gasteiger partial charge on any atom is 0.416 e. The Labute approximate surface area is 128 Å². The summed E-state index contributed by atoms with van der Waals surface area (Å²) >= 11 is 0. The Morgan fingerprint density at radius 3 is 2.33 bits per heavy atom. The van der Waals surface area contributed by atoms with Gasteiger partial charge in [-0.2, -0.15) is 13.2 Å². The number of alkyl halides is 3. The number of rotatable bonds is 3. The molecule has 0 unspecified atom stereocenters. The molecular weight excluding hydrogens is 303 g/mol. The molecule has 118 valence electrons. The van der Waals surface area contributed by atoms with E-state index in [-0.39, 0.29) is 30.7 Å². The highest BCUT2D eigenvalue weighted by Gasteiger charge is 2.35. The van der Waals surface area contributed by atoms with Gasteiger partial charge in [0.25, 0.3) is 0 Å². The maximum absolute atomic E-state index is 12.9. The molecule has 21 heavy (non-hydrogen) atoms. The third-order valence-electron chi connectivity index (χ3n) is 4.23. The molecule has 2 bridgehead atoms. The number of hydrogen-bond donors (Lipinski definition) is 1. The summed E-state index contributed by atoms with van der Waals surface area (Å²) in [6, 6.07) is 6.62. The molecule has 2 aliphatic rings. The van der Waals surface area contributed by atoms with E-state index in [1.54, 1.807) is 6.07 Å². The molecule has 2 fully saturated rings. The zero-order valence-corrected chi connectivity index (χ0v) is 12.3. The molecule has 0 aliphatic carbocycles. The number of hydrogen-bond acceptors (Lipinski definition) is 2. The number of halogens is 4. The van der Waals surface area contributed by atoms with Crippen LogP contribution in [0.25, 0.3) is 0 Å². The Morgan fingerprint density at radius 2 is 1.71 bits per heavy atom. The number of ether oxygens (including phenoxy) is 1. The SMILES string of the molecule is Cl.FC(F)(F)c1ccccc1CO[C@H]1C[C@H]2CC[C@@H](C1)N2. The lowest BCUT2D eigenvalue weighted by atomic mass is 10.0. The van der Waals surface area contributed by atoms with Gasteiger partial charge in [0, 0.05) is 12.1 Å². The van der Waals surface area contributed by atoms with E-state index in [9.17, 15) is 13.2 Å². The second kappa shape index (κ2) is 6.55. The molecule has 1 aromatic carbocycles. The molecule has 0 spiro atoms. The molecule has 2 aliphatic heterocycles. The van der Waals surface area contributed by atoms with Crippen molar-refractivity contribution in [3.05, 3.63) is 35.4 Å². The standard InChI is InChI=1S/C15H18F3NO.ClH/c16-15(17,18)14-4-2-1-3-10(14)9-20-13-7-11-5-6-12(8-13)19-11;/h1-4,11-13,19H,5-9H2;1H/t11-,12+,13+;. The number of benzene rings is 1. The van der Waals surface area contributed by atoms with Crippen molar-refractivity contribution in [3.8, 4) is 0 Å². The van der Waals surface area contributed by atoms with Crippen molar-refractivity contribution in [2.75, 3.05) is 0 Å². The van der Waals surface area contributed by atoms with Gasteiger partial charge < -0.3 is 10.1 Å². The van der Waals surface area contributed by atoms with Gasteiger partial charge in [-0.1, -0.05) is 18.2 Å². The van der Waals surface area contributed by atoms with Gasteiger partial charge >= 0.3 is 6.18 Å². The molecule has 2 heterocycles. The van der Waals surface area contributed by atoms with E-state index in [0.717, 1.165) is 31.7 Å². The molecule has 2 nitrogen and oxygen atoms in total. The molecule has 0 aromatic heterocycles. The van der Waals surface area contributed by atoms with Crippen LogP contribution >= 0.6 is 12.4 Å². The summed E-state index contributed by atoms with van der Waals surface area (Å²) in [6.45, 7) is 0.0415. The highest BCUT2D eigenvalue weighted by Crippen LogP contribution is 2.33. The van der Waals surface area contributed by atoms with Crippen LogP contribution in [0.4, 0.5) is 13.2 Å². The van der Waals surface area contributed by atoms with Gasteiger partial charge in [0.05, 0.1) is 18.3 Å². The van der Waals surface area contributed by atoms with Crippen molar-refractivity contribution in [2.45, 2.75) is 56.7 Å². The molecule has 6 heteroatoms. The van der Waals surface area contributed by atoms with E-state index in [1.165, 1.54) is 12.1 Å². The van der Waals surface area contributed by atoms with Gasteiger partial charge in [-0.3, -0.25) is 0 Å². The Kier molecular flexibility index (Phi) is 5.17. The molecule has 0 amide bonds. The van der Waals surface area contributed by atoms with Crippen molar-refractivity contribution in [1.82, 2.24) is 5.32 Å². The Hall–Kier alpha value is -0.780. The molecule has 0 radical (unpaired) electrons. The predicted molar refractivity (Wildman–Crippen MR) is 76.4 cm³/mol. The van der Waals surface area contributed by atoms with Gasteiger partial charge in [-0.05, 0) is 37.3 Å². The van der Waals surface area contributed by atoms with Crippen LogP contribution in [0.5, 0.6) is 0 Å². The van der Waals surface area contributed by atoms with E-state index < -0.39 is 11.7 Å². The van der Waals surface area contributed by atoms with Crippen LogP contribution in [0.3, 0.4) is 0 Å². The van der Waals surface area contributed by atoms with Gasteiger partial charge in [0.2, 0.25) is 0 Å². The molecule has 3 rings (SSSR count). The number of piperidine rings is 1. The van der Waals surface area contributed by atoms with Crippen molar-refractivity contribution in [1.29, 1.82) is 0 Å². The van der Waals surface area contributed by atoms with Crippen LogP contribution in [-0.2, 0) is 17.5 Å². The van der Waals surface area contributed by atoms with Crippen molar-refractivity contribution >= 4 is 12.4 Å². The van der Waals surface area contributed by atoms with E-state index in [0.29, 0.717) is 12.1 Å². The average molecular weight is 322 g/mol. The first kappa shape index (κ1) is 16.6. The topological polar surface area (TPSA) is 21.3 Å². The minimum absolute atomic E-state index is 0. The minimum atomic E-state index is -4.31. The second-order valence-corrected chi connectivity index (χ2v) is 5.70. The van der Waals surface area contributed by atoms with Gasteiger partial charge in [0.15, 0.2) is 0 Å². The summed E-state index contributed by atoms with van der Waals surface area (Å²) in [5.74, 6) is 0. The van der Waals surface area contributed by atoms with E-state index in [4.69, 9.17) is 4.74 Å². The van der Waals surface area contributed by atoms with Crippen molar-refractivity contribution in [3.63, 3.8) is 0 Å². The van der Waals surface area contributed by atoms with Gasteiger partial charge in [-0.15, -0.1) is 12.4 Å². The van der Waals surface area contributed by atoms with Crippen LogP contribution in [0.1, 0.15) is 36.8 Å². The third kappa shape index (κ3) is 3.90.